The van der Waals surface area contributed by atoms with Crippen LogP contribution in [0.4, 0.5) is 5.69 Å². The van der Waals surface area contributed by atoms with E-state index in [4.69, 9.17) is 4.42 Å². The van der Waals surface area contributed by atoms with Crippen LogP contribution in [0.5, 0.6) is 0 Å². The van der Waals surface area contributed by atoms with Crippen LogP contribution in [0.25, 0.3) is 0 Å². The number of rotatable bonds is 3. The van der Waals surface area contributed by atoms with E-state index >= 15 is 0 Å². The van der Waals surface area contributed by atoms with Crippen LogP contribution in [0.3, 0.4) is 0 Å². The number of amides is 3. The first-order valence-electron chi connectivity index (χ1n) is 9.51. The third-order valence-corrected chi connectivity index (χ3v) is 5.40. The minimum absolute atomic E-state index is 0.00593. The first kappa shape index (κ1) is 18.3. The van der Waals surface area contributed by atoms with Crippen LogP contribution >= 0.6 is 0 Å². The van der Waals surface area contributed by atoms with E-state index in [2.05, 4.69) is 0 Å². The van der Waals surface area contributed by atoms with Gasteiger partial charge in [0.1, 0.15) is 0 Å². The minimum Gasteiger partial charge on any atom is -0.459 e. The van der Waals surface area contributed by atoms with Crippen LogP contribution in [0.15, 0.2) is 47.1 Å². The summed E-state index contributed by atoms with van der Waals surface area (Å²) in [6, 6.07) is 11.1. The maximum absolute atomic E-state index is 12.9. The van der Waals surface area contributed by atoms with Crippen LogP contribution in [0, 0.1) is 12.8 Å². The quantitative estimate of drug-likeness (QED) is 0.814. The maximum atomic E-state index is 12.9. The van der Waals surface area contributed by atoms with Crippen molar-refractivity contribution in [3.63, 3.8) is 0 Å². The van der Waals surface area contributed by atoms with E-state index < -0.39 is 0 Å². The van der Waals surface area contributed by atoms with Gasteiger partial charge in [0.2, 0.25) is 11.8 Å². The lowest BCUT2D eigenvalue weighted by Gasteiger charge is -2.35. The number of benzene rings is 1. The molecule has 0 bridgehead atoms. The summed E-state index contributed by atoms with van der Waals surface area (Å²) in [6.45, 7) is 4.27. The highest BCUT2D eigenvalue weighted by Crippen LogP contribution is 2.27. The molecule has 1 aromatic carbocycles. The van der Waals surface area contributed by atoms with Crippen molar-refractivity contribution < 1.29 is 18.8 Å². The molecule has 7 heteroatoms. The van der Waals surface area contributed by atoms with Gasteiger partial charge in [-0.05, 0) is 36.8 Å². The van der Waals surface area contributed by atoms with Crippen LogP contribution in [-0.2, 0) is 9.59 Å². The molecule has 0 unspecified atom stereocenters. The highest BCUT2D eigenvalue weighted by Gasteiger charge is 2.38. The largest absolute Gasteiger partial charge is 0.459 e. The topological polar surface area (TPSA) is 74.1 Å². The van der Waals surface area contributed by atoms with Crippen molar-refractivity contribution >= 4 is 23.4 Å². The van der Waals surface area contributed by atoms with Crippen molar-refractivity contribution in [1.82, 2.24) is 9.80 Å². The smallest absolute Gasteiger partial charge is 0.289 e. The summed E-state index contributed by atoms with van der Waals surface area (Å²) in [5.41, 5.74) is 1.92. The monoisotopic (exact) mass is 381 g/mol. The molecule has 2 aliphatic rings. The molecule has 0 aliphatic carbocycles. The number of anilines is 1. The number of nitrogens with zero attached hydrogens (tertiary/aromatic N) is 3. The molecule has 146 valence electrons. The molecule has 7 nitrogen and oxygen atoms in total. The van der Waals surface area contributed by atoms with Gasteiger partial charge in [-0.25, -0.2) is 0 Å². The predicted octanol–water partition coefficient (Wildman–Crippen LogP) is 1.93. The number of hydrogen-bond donors (Lipinski definition) is 0. The zero-order valence-electron chi connectivity index (χ0n) is 15.8. The molecule has 3 amide bonds. The SMILES string of the molecule is Cc1cccc(N2C[C@@H](C(=O)N3CCN(C(=O)c4ccco4)CC3)CC2=O)c1. The molecule has 0 radical (unpaired) electrons. The molecule has 0 saturated carbocycles. The molecule has 0 spiro atoms. The van der Waals surface area contributed by atoms with Gasteiger partial charge < -0.3 is 19.1 Å². The number of carbonyl (C=O) groups excluding carboxylic acids is 3. The molecule has 2 saturated heterocycles. The van der Waals surface area contributed by atoms with Crippen LogP contribution in [0.1, 0.15) is 22.5 Å². The van der Waals surface area contributed by atoms with Gasteiger partial charge in [-0.2, -0.15) is 0 Å². The Balaban J connectivity index is 1.35. The van der Waals surface area contributed by atoms with E-state index in [-0.39, 0.29) is 30.1 Å². The van der Waals surface area contributed by atoms with Gasteiger partial charge in [-0.15, -0.1) is 0 Å². The Morgan fingerprint density at radius 1 is 1.04 bits per heavy atom. The molecule has 3 heterocycles. The minimum atomic E-state index is -0.333. The Kier molecular flexibility index (Phi) is 4.90. The number of furan rings is 1. The van der Waals surface area contributed by atoms with Crippen LogP contribution < -0.4 is 4.90 Å². The molecular weight excluding hydrogens is 358 g/mol. The molecule has 2 aromatic rings. The normalized spacial score (nSPS) is 20.0. The third kappa shape index (κ3) is 3.52. The highest BCUT2D eigenvalue weighted by atomic mass is 16.3. The summed E-state index contributed by atoms with van der Waals surface area (Å²) in [5, 5.41) is 0. The summed E-state index contributed by atoms with van der Waals surface area (Å²) in [6.07, 6.45) is 1.71. The number of carbonyl (C=O) groups is 3. The first-order chi connectivity index (χ1) is 13.5. The van der Waals surface area contributed by atoms with Crippen LogP contribution in [0.2, 0.25) is 0 Å². The highest BCUT2D eigenvalue weighted by molar-refractivity contribution is 6.00. The molecule has 1 aromatic heterocycles. The van der Waals surface area contributed by atoms with E-state index in [1.165, 1.54) is 6.26 Å². The Labute approximate surface area is 163 Å². The number of aryl methyl sites for hydroxylation is 1. The summed E-state index contributed by atoms with van der Waals surface area (Å²) in [4.78, 5) is 42.9. The molecule has 1 atom stereocenters. The van der Waals surface area contributed by atoms with Gasteiger partial charge in [0.05, 0.1) is 12.2 Å². The average molecular weight is 381 g/mol. The van der Waals surface area contributed by atoms with Crippen molar-refractivity contribution in [2.45, 2.75) is 13.3 Å². The maximum Gasteiger partial charge on any atom is 0.289 e. The lowest BCUT2D eigenvalue weighted by atomic mass is 10.1. The van der Waals surface area contributed by atoms with Crippen molar-refractivity contribution in [1.29, 1.82) is 0 Å². The number of hydrogen-bond acceptors (Lipinski definition) is 4. The standard InChI is InChI=1S/C21H23N3O4/c1-15-4-2-5-17(12-15)24-14-16(13-19(24)25)20(26)22-7-9-23(10-8-22)21(27)18-6-3-11-28-18/h2-6,11-12,16H,7-10,13-14H2,1H3/t16-/m0/s1. The van der Waals surface area contributed by atoms with E-state index in [9.17, 15) is 14.4 Å². The summed E-state index contributed by atoms with van der Waals surface area (Å²) < 4.78 is 5.16. The van der Waals surface area contributed by atoms with Gasteiger partial charge in [0.25, 0.3) is 5.91 Å². The first-order valence-corrected chi connectivity index (χ1v) is 9.51. The molecule has 0 N–H and O–H groups in total. The second-order valence-corrected chi connectivity index (χ2v) is 7.34. The van der Waals surface area contributed by atoms with Gasteiger partial charge in [0.15, 0.2) is 5.76 Å². The summed E-state index contributed by atoms with van der Waals surface area (Å²) in [7, 11) is 0. The Morgan fingerprint density at radius 2 is 1.79 bits per heavy atom. The fourth-order valence-corrected chi connectivity index (χ4v) is 3.86. The van der Waals surface area contributed by atoms with E-state index in [0.717, 1.165) is 11.3 Å². The van der Waals surface area contributed by atoms with Crippen molar-refractivity contribution in [2.75, 3.05) is 37.6 Å². The molecular formula is C21H23N3O4. The lowest BCUT2D eigenvalue weighted by molar-refractivity contribution is -0.137. The van der Waals surface area contributed by atoms with Gasteiger partial charge >= 0.3 is 0 Å². The predicted molar refractivity (Wildman–Crippen MR) is 103 cm³/mol. The van der Waals surface area contributed by atoms with Crippen molar-refractivity contribution in [2.24, 2.45) is 5.92 Å². The fraction of sp³-hybridized carbons (Fsp3) is 0.381. The van der Waals surface area contributed by atoms with E-state index in [1.807, 2.05) is 31.2 Å². The number of piperazine rings is 1. The third-order valence-electron chi connectivity index (χ3n) is 5.40. The second kappa shape index (κ2) is 7.50. The van der Waals surface area contributed by atoms with Crippen molar-refractivity contribution in [3.05, 3.63) is 54.0 Å². The molecule has 2 fully saturated rings. The Morgan fingerprint density at radius 3 is 2.46 bits per heavy atom. The van der Waals surface area contributed by atoms with Gasteiger partial charge in [-0.1, -0.05) is 12.1 Å². The Hall–Kier alpha value is -3.09. The van der Waals surface area contributed by atoms with E-state index in [0.29, 0.717) is 38.5 Å². The Bertz CT molecular complexity index is 885. The van der Waals surface area contributed by atoms with Crippen LogP contribution in [-0.4, -0.2) is 60.2 Å². The second-order valence-electron chi connectivity index (χ2n) is 7.34. The summed E-state index contributed by atoms with van der Waals surface area (Å²) >= 11 is 0. The average Bonchev–Trinajstić information content (AvgIpc) is 3.37. The molecule has 2 aliphatic heterocycles. The zero-order valence-corrected chi connectivity index (χ0v) is 15.8. The fourth-order valence-electron chi connectivity index (χ4n) is 3.86. The molecule has 28 heavy (non-hydrogen) atoms. The molecule has 4 rings (SSSR count). The van der Waals surface area contributed by atoms with Gasteiger partial charge in [0, 0.05) is 44.8 Å². The van der Waals surface area contributed by atoms with Crippen molar-refractivity contribution in [3.8, 4) is 0 Å². The lowest BCUT2D eigenvalue weighted by Crippen LogP contribution is -2.52. The van der Waals surface area contributed by atoms with E-state index in [1.54, 1.807) is 26.8 Å². The summed E-state index contributed by atoms with van der Waals surface area (Å²) in [5.74, 6) is -0.196. The zero-order chi connectivity index (χ0) is 19.7. The van der Waals surface area contributed by atoms with Gasteiger partial charge in [-0.3, -0.25) is 14.4 Å².